The molecule has 4 aromatic rings. The fraction of sp³-hybridized carbons (Fsp3) is 0.368. The Kier molecular flexibility index (Phi) is 8.00. The number of phenols is 4. The number of methoxy groups -OCH3 is 2. The maximum Gasteiger partial charge on any atom is 0.125 e. The Bertz CT molecular complexity index is 1610. The normalized spacial score (nSPS) is 13.5. The minimum Gasteiger partial charge on any atom is -0.508 e. The highest BCUT2D eigenvalue weighted by Gasteiger charge is 2.26. The largest absolute Gasteiger partial charge is 0.508 e. The minimum atomic E-state index is -0.159. The molecular formula is C38H44O6. The predicted molar refractivity (Wildman–Crippen MR) is 174 cm³/mol. The van der Waals surface area contributed by atoms with Crippen LogP contribution in [0.1, 0.15) is 97.2 Å². The number of fused-ring (bicyclic) bond motifs is 8. The SMILES string of the molecule is COc1c2cc(C(C)(C)C)cc1Cc1cc(C(C)(C)C)cc(c1OC)Cc1cc(O)cc(c1O)Cc1cc(O)cc(c1O)C2. The molecule has 6 nitrogen and oxygen atoms in total. The lowest BCUT2D eigenvalue weighted by atomic mass is 9.81. The molecule has 0 radical (unpaired) electrons. The van der Waals surface area contributed by atoms with Gasteiger partial charge in [0.1, 0.15) is 34.5 Å². The van der Waals surface area contributed by atoms with Gasteiger partial charge in [-0.25, -0.2) is 0 Å². The number of ether oxygens (including phenoxy) is 2. The Morgan fingerprint density at radius 2 is 0.682 bits per heavy atom. The molecule has 0 unspecified atom stereocenters. The summed E-state index contributed by atoms with van der Waals surface area (Å²) in [7, 11) is 3.34. The lowest BCUT2D eigenvalue weighted by Gasteiger charge is -2.26. The van der Waals surface area contributed by atoms with Gasteiger partial charge in [-0.2, -0.15) is 0 Å². The Hall–Kier alpha value is -4.32. The van der Waals surface area contributed by atoms with E-state index in [2.05, 4.69) is 65.8 Å². The second kappa shape index (κ2) is 11.3. The van der Waals surface area contributed by atoms with Crippen molar-refractivity contribution in [3.63, 3.8) is 0 Å². The summed E-state index contributed by atoms with van der Waals surface area (Å²) in [5.74, 6) is 1.54. The molecule has 0 amide bonds. The van der Waals surface area contributed by atoms with Crippen LogP contribution in [0.15, 0.2) is 48.5 Å². The summed E-state index contributed by atoms with van der Waals surface area (Å²) in [6, 6.07) is 14.8. The first-order valence-corrected chi connectivity index (χ1v) is 15.1. The summed E-state index contributed by atoms with van der Waals surface area (Å²) in [5, 5.41) is 44.4. The van der Waals surface area contributed by atoms with E-state index in [1.807, 2.05) is 0 Å². The van der Waals surface area contributed by atoms with Crippen LogP contribution in [0, 0.1) is 0 Å². The molecule has 0 fully saturated rings. The molecule has 44 heavy (non-hydrogen) atoms. The molecule has 0 saturated carbocycles. The first kappa shape index (κ1) is 31.1. The quantitative estimate of drug-likeness (QED) is 0.155. The Balaban J connectivity index is 1.87. The van der Waals surface area contributed by atoms with Crippen molar-refractivity contribution >= 4 is 0 Å². The second-order valence-electron chi connectivity index (χ2n) is 14.1. The Labute approximate surface area is 260 Å². The third-order valence-corrected chi connectivity index (χ3v) is 8.65. The standard InChI is InChI=1S/C38H44O6/c1-37(2,3)29-13-25-10-23-19-31(39)17-21(33(23)41)9-22-18-32(40)20-24(34(22)42)11-26-14-30(38(4,5)6)16-28(36(26)44-8)12-27(15-29)35(25)43-7/h13-20,39-42H,9-12H2,1-8H3. The monoisotopic (exact) mass is 596 g/mol. The summed E-state index contributed by atoms with van der Waals surface area (Å²) in [6.45, 7) is 13.0. The van der Waals surface area contributed by atoms with Crippen LogP contribution in [0.5, 0.6) is 34.5 Å². The van der Waals surface area contributed by atoms with Gasteiger partial charge in [0.15, 0.2) is 0 Å². The van der Waals surface area contributed by atoms with Crippen LogP contribution in [-0.2, 0) is 36.5 Å². The van der Waals surface area contributed by atoms with Gasteiger partial charge in [-0.05, 0) is 68.5 Å². The van der Waals surface area contributed by atoms with Crippen molar-refractivity contribution in [3.05, 3.63) is 104 Å². The van der Waals surface area contributed by atoms with Crippen LogP contribution in [0.25, 0.3) is 0 Å². The average molecular weight is 597 g/mol. The van der Waals surface area contributed by atoms with Gasteiger partial charge in [0, 0.05) is 47.9 Å². The van der Waals surface area contributed by atoms with Gasteiger partial charge in [0.05, 0.1) is 14.2 Å². The van der Waals surface area contributed by atoms with E-state index in [1.54, 1.807) is 26.4 Å². The number of rotatable bonds is 2. The zero-order valence-electron chi connectivity index (χ0n) is 27.1. The average Bonchev–Trinajstić information content (AvgIpc) is 2.92. The number of hydrogen-bond donors (Lipinski definition) is 4. The van der Waals surface area contributed by atoms with Gasteiger partial charge in [-0.1, -0.05) is 65.8 Å². The van der Waals surface area contributed by atoms with Crippen molar-refractivity contribution in [2.45, 2.75) is 78.1 Å². The van der Waals surface area contributed by atoms with Gasteiger partial charge in [-0.3, -0.25) is 0 Å². The van der Waals surface area contributed by atoms with E-state index < -0.39 is 0 Å². The molecule has 0 saturated heterocycles. The zero-order chi connectivity index (χ0) is 32.1. The molecule has 5 rings (SSSR count). The molecular weight excluding hydrogens is 552 g/mol. The molecule has 1 aliphatic rings. The van der Waals surface area contributed by atoms with E-state index in [9.17, 15) is 20.4 Å². The highest BCUT2D eigenvalue weighted by atomic mass is 16.5. The van der Waals surface area contributed by atoms with Crippen LogP contribution in [0.2, 0.25) is 0 Å². The van der Waals surface area contributed by atoms with Crippen molar-refractivity contribution in [3.8, 4) is 34.5 Å². The number of aromatic hydroxyl groups is 4. The maximum atomic E-state index is 11.5. The lowest BCUT2D eigenvalue weighted by molar-refractivity contribution is 0.399. The Morgan fingerprint density at radius 3 is 0.932 bits per heavy atom. The van der Waals surface area contributed by atoms with E-state index in [0.717, 1.165) is 44.9 Å². The van der Waals surface area contributed by atoms with Crippen LogP contribution in [0.4, 0.5) is 0 Å². The molecule has 8 bridgehead atoms. The van der Waals surface area contributed by atoms with Gasteiger partial charge >= 0.3 is 0 Å². The minimum absolute atomic E-state index is 0.00868. The van der Waals surface area contributed by atoms with E-state index in [0.29, 0.717) is 41.5 Å². The molecule has 4 aromatic carbocycles. The van der Waals surface area contributed by atoms with Gasteiger partial charge in [0.25, 0.3) is 0 Å². The molecule has 0 spiro atoms. The topological polar surface area (TPSA) is 99.4 Å². The molecule has 0 atom stereocenters. The van der Waals surface area contributed by atoms with Crippen molar-refractivity contribution in [1.29, 1.82) is 0 Å². The van der Waals surface area contributed by atoms with Gasteiger partial charge in [-0.15, -0.1) is 0 Å². The Morgan fingerprint density at radius 1 is 0.432 bits per heavy atom. The van der Waals surface area contributed by atoms with Crippen LogP contribution in [-0.4, -0.2) is 34.6 Å². The molecule has 4 N–H and O–H groups in total. The van der Waals surface area contributed by atoms with E-state index >= 15 is 0 Å². The molecule has 0 heterocycles. The third-order valence-electron chi connectivity index (χ3n) is 8.65. The third kappa shape index (κ3) is 6.03. The summed E-state index contributed by atoms with van der Waals surface area (Å²) < 4.78 is 12.2. The molecule has 0 aromatic heterocycles. The van der Waals surface area contributed by atoms with Crippen molar-refractivity contribution < 1.29 is 29.9 Å². The summed E-state index contributed by atoms with van der Waals surface area (Å²) in [4.78, 5) is 0. The summed E-state index contributed by atoms with van der Waals surface area (Å²) in [5.41, 5.74) is 7.66. The lowest BCUT2D eigenvalue weighted by Crippen LogP contribution is -2.15. The van der Waals surface area contributed by atoms with Crippen molar-refractivity contribution in [2.75, 3.05) is 14.2 Å². The van der Waals surface area contributed by atoms with E-state index in [-0.39, 0.29) is 40.2 Å². The van der Waals surface area contributed by atoms with Crippen LogP contribution in [0.3, 0.4) is 0 Å². The van der Waals surface area contributed by atoms with Gasteiger partial charge in [0.2, 0.25) is 0 Å². The van der Waals surface area contributed by atoms with E-state index in [4.69, 9.17) is 9.47 Å². The summed E-state index contributed by atoms with van der Waals surface area (Å²) >= 11 is 0. The fourth-order valence-electron chi connectivity index (χ4n) is 6.27. The maximum absolute atomic E-state index is 11.5. The fourth-order valence-corrected chi connectivity index (χ4v) is 6.27. The number of phenolic OH excluding ortho intramolecular Hbond substituents is 4. The van der Waals surface area contributed by atoms with Crippen LogP contribution < -0.4 is 9.47 Å². The molecule has 0 aliphatic heterocycles. The van der Waals surface area contributed by atoms with Crippen molar-refractivity contribution in [2.24, 2.45) is 0 Å². The predicted octanol–water partition coefficient (Wildman–Crippen LogP) is 7.80. The number of hydrogen-bond acceptors (Lipinski definition) is 6. The van der Waals surface area contributed by atoms with Gasteiger partial charge < -0.3 is 29.9 Å². The smallest absolute Gasteiger partial charge is 0.125 e. The summed E-state index contributed by atoms with van der Waals surface area (Å²) in [6.07, 6.45) is 1.26. The highest BCUT2D eigenvalue weighted by Crippen LogP contribution is 2.42. The molecule has 232 valence electrons. The zero-order valence-corrected chi connectivity index (χ0v) is 27.1. The molecule has 1 aliphatic carbocycles. The first-order chi connectivity index (χ1) is 20.6. The van der Waals surface area contributed by atoms with E-state index in [1.165, 1.54) is 12.1 Å². The van der Waals surface area contributed by atoms with Crippen LogP contribution >= 0.6 is 0 Å². The van der Waals surface area contributed by atoms with Crippen molar-refractivity contribution in [1.82, 2.24) is 0 Å². The highest BCUT2D eigenvalue weighted by molar-refractivity contribution is 5.59. The number of benzene rings is 4. The molecule has 6 heteroatoms. The first-order valence-electron chi connectivity index (χ1n) is 15.1. The second-order valence-corrected chi connectivity index (χ2v) is 14.1.